The number of hydrogen-bond donors (Lipinski definition) is 1. The number of ether oxygens (including phenoxy) is 1. The highest BCUT2D eigenvalue weighted by Crippen LogP contribution is 2.35. The smallest absolute Gasteiger partial charge is 0.405 e. The number of hydrogen-bond acceptors (Lipinski definition) is 5. The quantitative estimate of drug-likeness (QED) is 0.757. The molecule has 2 rings (SSSR count). The SMILES string of the molecule is CCC(C)c1c(NCC(F)(F)F)nc(-n2cccn2)nc1OC(F)F. The molecule has 1 unspecified atom stereocenters. The Hall–Kier alpha value is -2.46. The predicted molar refractivity (Wildman–Crippen MR) is 79.0 cm³/mol. The molecule has 1 atom stereocenters. The molecular formula is C14H16F5N5O. The maximum Gasteiger partial charge on any atom is 0.405 e. The molecular weight excluding hydrogens is 349 g/mol. The lowest BCUT2D eigenvalue weighted by Gasteiger charge is -2.20. The molecule has 0 aliphatic heterocycles. The van der Waals surface area contributed by atoms with E-state index in [1.54, 1.807) is 13.8 Å². The molecule has 0 aliphatic carbocycles. The zero-order valence-electron chi connectivity index (χ0n) is 13.4. The van der Waals surface area contributed by atoms with Crippen LogP contribution in [0.5, 0.6) is 5.88 Å². The summed E-state index contributed by atoms with van der Waals surface area (Å²) in [7, 11) is 0. The zero-order valence-corrected chi connectivity index (χ0v) is 13.4. The highest BCUT2D eigenvalue weighted by atomic mass is 19.4. The lowest BCUT2D eigenvalue weighted by Crippen LogP contribution is -2.24. The molecule has 0 spiro atoms. The molecule has 2 aromatic rings. The Labute approximate surface area is 140 Å². The first-order chi connectivity index (χ1) is 11.7. The van der Waals surface area contributed by atoms with Crippen LogP contribution in [0.4, 0.5) is 27.8 Å². The summed E-state index contributed by atoms with van der Waals surface area (Å²) in [6, 6.07) is 1.53. The van der Waals surface area contributed by atoms with Crippen molar-refractivity contribution < 1.29 is 26.7 Å². The van der Waals surface area contributed by atoms with Gasteiger partial charge in [0, 0.05) is 12.4 Å². The van der Waals surface area contributed by atoms with Crippen LogP contribution in [0.3, 0.4) is 0 Å². The fourth-order valence-electron chi connectivity index (χ4n) is 2.07. The van der Waals surface area contributed by atoms with E-state index in [1.165, 1.54) is 18.5 Å². The third-order valence-corrected chi connectivity index (χ3v) is 3.37. The number of halogens is 5. The summed E-state index contributed by atoms with van der Waals surface area (Å²) in [5.41, 5.74) is 0.0583. The minimum atomic E-state index is -4.51. The number of aromatic nitrogens is 4. The molecule has 0 radical (unpaired) electrons. The Morgan fingerprint density at radius 2 is 2.00 bits per heavy atom. The summed E-state index contributed by atoms with van der Waals surface area (Å²) in [6.07, 6.45) is -1.22. The van der Waals surface area contributed by atoms with Gasteiger partial charge in [-0.2, -0.15) is 37.0 Å². The molecule has 0 fully saturated rings. The van der Waals surface area contributed by atoms with E-state index in [1.807, 2.05) is 0 Å². The molecule has 11 heteroatoms. The van der Waals surface area contributed by atoms with E-state index < -0.39 is 31.1 Å². The maximum absolute atomic E-state index is 12.7. The van der Waals surface area contributed by atoms with E-state index >= 15 is 0 Å². The lowest BCUT2D eigenvalue weighted by atomic mass is 10.00. The molecule has 0 aromatic carbocycles. The van der Waals surface area contributed by atoms with Gasteiger partial charge in [-0.1, -0.05) is 13.8 Å². The summed E-state index contributed by atoms with van der Waals surface area (Å²) in [4.78, 5) is 7.90. The van der Waals surface area contributed by atoms with Crippen molar-refractivity contribution in [1.82, 2.24) is 19.7 Å². The van der Waals surface area contributed by atoms with E-state index in [0.29, 0.717) is 6.42 Å². The lowest BCUT2D eigenvalue weighted by molar-refractivity contribution is -0.115. The highest BCUT2D eigenvalue weighted by Gasteiger charge is 2.29. The van der Waals surface area contributed by atoms with Crippen LogP contribution in [0.15, 0.2) is 18.5 Å². The van der Waals surface area contributed by atoms with Crippen molar-refractivity contribution in [3.8, 4) is 11.8 Å². The van der Waals surface area contributed by atoms with Crippen molar-refractivity contribution in [3.63, 3.8) is 0 Å². The number of nitrogens with one attached hydrogen (secondary N) is 1. The zero-order chi connectivity index (χ0) is 18.6. The highest BCUT2D eigenvalue weighted by molar-refractivity contribution is 5.53. The van der Waals surface area contributed by atoms with Crippen LogP contribution in [0.25, 0.3) is 5.95 Å². The second-order valence-electron chi connectivity index (χ2n) is 5.20. The summed E-state index contributed by atoms with van der Waals surface area (Å²) in [5, 5.41) is 5.99. The van der Waals surface area contributed by atoms with Crippen molar-refractivity contribution >= 4 is 5.82 Å². The van der Waals surface area contributed by atoms with Crippen molar-refractivity contribution in [2.24, 2.45) is 0 Å². The van der Waals surface area contributed by atoms with Gasteiger partial charge in [0.25, 0.3) is 5.95 Å². The molecule has 6 nitrogen and oxygen atoms in total. The Morgan fingerprint density at radius 1 is 1.28 bits per heavy atom. The van der Waals surface area contributed by atoms with Gasteiger partial charge in [0.05, 0.1) is 5.56 Å². The minimum Gasteiger partial charge on any atom is -0.416 e. The standard InChI is InChI=1S/C14H16F5N5O/c1-3-8(2)9-10(20-7-14(17,18)19)22-13(24-6-4-5-21-24)23-11(9)25-12(15)16/h4-6,8,12H,3,7H2,1-2H3,(H,20,22,23). The first-order valence-corrected chi connectivity index (χ1v) is 7.38. The summed E-state index contributed by atoms with van der Waals surface area (Å²) in [5.74, 6) is -1.29. The predicted octanol–water partition coefficient (Wildman–Crippen LogP) is 3.75. The molecule has 0 amide bonds. The van der Waals surface area contributed by atoms with E-state index in [2.05, 4.69) is 25.1 Å². The molecule has 0 saturated carbocycles. The summed E-state index contributed by atoms with van der Waals surface area (Å²) < 4.78 is 68.8. The number of anilines is 1. The van der Waals surface area contributed by atoms with Crippen LogP contribution >= 0.6 is 0 Å². The van der Waals surface area contributed by atoms with Gasteiger partial charge in [-0.15, -0.1) is 0 Å². The third kappa shape index (κ3) is 5.00. The Bertz CT molecular complexity index is 690. The summed E-state index contributed by atoms with van der Waals surface area (Å²) in [6.45, 7) is -1.14. The van der Waals surface area contributed by atoms with Crippen LogP contribution in [-0.2, 0) is 0 Å². The van der Waals surface area contributed by atoms with E-state index in [4.69, 9.17) is 0 Å². The van der Waals surface area contributed by atoms with E-state index in [-0.39, 0.29) is 17.3 Å². The monoisotopic (exact) mass is 365 g/mol. The largest absolute Gasteiger partial charge is 0.416 e. The van der Waals surface area contributed by atoms with Crippen molar-refractivity contribution in [2.75, 3.05) is 11.9 Å². The first-order valence-electron chi connectivity index (χ1n) is 7.38. The van der Waals surface area contributed by atoms with Crippen LogP contribution < -0.4 is 10.1 Å². The van der Waals surface area contributed by atoms with Crippen LogP contribution in [-0.4, -0.2) is 39.1 Å². The summed E-state index contributed by atoms with van der Waals surface area (Å²) >= 11 is 0. The first kappa shape index (κ1) is 18.9. The van der Waals surface area contributed by atoms with Gasteiger partial charge in [0.2, 0.25) is 5.88 Å². The molecule has 2 aromatic heterocycles. The van der Waals surface area contributed by atoms with E-state index in [9.17, 15) is 22.0 Å². The van der Waals surface area contributed by atoms with Crippen LogP contribution in [0, 0.1) is 0 Å². The van der Waals surface area contributed by atoms with Gasteiger partial charge in [0.1, 0.15) is 12.4 Å². The molecule has 25 heavy (non-hydrogen) atoms. The molecule has 0 aliphatic rings. The third-order valence-electron chi connectivity index (χ3n) is 3.37. The van der Waals surface area contributed by atoms with Gasteiger partial charge in [0.15, 0.2) is 0 Å². The van der Waals surface area contributed by atoms with Crippen molar-refractivity contribution in [1.29, 1.82) is 0 Å². The van der Waals surface area contributed by atoms with E-state index in [0.717, 1.165) is 4.68 Å². The number of rotatable bonds is 7. The van der Waals surface area contributed by atoms with Gasteiger partial charge in [-0.05, 0) is 18.4 Å². The minimum absolute atomic E-state index is 0.0583. The van der Waals surface area contributed by atoms with Crippen molar-refractivity contribution in [2.45, 2.75) is 39.0 Å². The topological polar surface area (TPSA) is 64.9 Å². The average Bonchev–Trinajstić information content (AvgIpc) is 3.05. The Balaban J connectivity index is 2.55. The van der Waals surface area contributed by atoms with Gasteiger partial charge >= 0.3 is 12.8 Å². The Morgan fingerprint density at radius 3 is 2.52 bits per heavy atom. The normalized spacial score (nSPS) is 13.1. The molecule has 1 N–H and O–H groups in total. The second kappa shape index (κ2) is 7.62. The fraction of sp³-hybridized carbons (Fsp3) is 0.500. The number of alkyl halides is 5. The Kier molecular flexibility index (Phi) is 5.75. The van der Waals surface area contributed by atoms with Gasteiger partial charge < -0.3 is 10.1 Å². The van der Waals surface area contributed by atoms with Crippen LogP contribution in [0.2, 0.25) is 0 Å². The van der Waals surface area contributed by atoms with Crippen LogP contribution in [0.1, 0.15) is 31.7 Å². The maximum atomic E-state index is 12.7. The fourth-order valence-corrected chi connectivity index (χ4v) is 2.07. The molecule has 138 valence electrons. The number of nitrogens with zero attached hydrogens (tertiary/aromatic N) is 4. The van der Waals surface area contributed by atoms with Gasteiger partial charge in [-0.3, -0.25) is 0 Å². The molecule has 0 bridgehead atoms. The second-order valence-corrected chi connectivity index (χ2v) is 5.20. The van der Waals surface area contributed by atoms with Gasteiger partial charge in [-0.25, -0.2) is 4.68 Å². The average molecular weight is 365 g/mol. The molecule has 0 saturated heterocycles. The molecule has 2 heterocycles. The van der Waals surface area contributed by atoms with Crippen molar-refractivity contribution in [3.05, 3.63) is 24.0 Å².